The predicted octanol–water partition coefficient (Wildman–Crippen LogP) is 4.69. The van der Waals surface area contributed by atoms with Crippen molar-refractivity contribution in [2.45, 2.75) is 17.3 Å². The first-order chi connectivity index (χ1) is 12.4. The molecule has 2 aromatic carbocycles. The third-order valence-electron chi connectivity index (χ3n) is 3.55. The van der Waals surface area contributed by atoms with Crippen LogP contribution in [0, 0.1) is 0 Å². The summed E-state index contributed by atoms with van der Waals surface area (Å²) in [7, 11) is 0. The van der Waals surface area contributed by atoms with Crippen molar-refractivity contribution in [2.24, 2.45) is 0 Å². The van der Waals surface area contributed by atoms with Crippen molar-refractivity contribution < 1.29 is 4.79 Å². The Bertz CT molecular complexity index is 910. The highest BCUT2D eigenvalue weighted by molar-refractivity contribution is 8.00. The number of hydrogen-bond acceptors (Lipinski definition) is 4. The number of nitrogen functional groups attached to an aromatic ring is 1. The Morgan fingerprint density at radius 1 is 1.19 bits per heavy atom. The number of aromatic nitrogens is 2. The second-order valence-corrected chi connectivity index (χ2v) is 7.77. The highest BCUT2D eigenvalue weighted by Crippen LogP contribution is 2.27. The summed E-state index contributed by atoms with van der Waals surface area (Å²) < 4.78 is 1.42. The van der Waals surface area contributed by atoms with E-state index < -0.39 is 5.25 Å². The molecule has 1 amide bonds. The molecule has 0 unspecified atom stereocenters. The van der Waals surface area contributed by atoms with Crippen molar-refractivity contribution >= 4 is 46.6 Å². The van der Waals surface area contributed by atoms with E-state index in [0.29, 0.717) is 20.9 Å². The van der Waals surface area contributed by atoms with Gasteiger partial charge >= 0.3 is 0 Å². The summed E-state index contributed by atoms with van der Waals surface area (Å²) >= 11 is 13.2. The Kier molecular flexibility index (Phi) is 5.76. The monoisotopic (exact) mass is 406 g/mol. The first-order valence-corrected chi connectivity index (χ1v) is 9.39. The van der Waals surface area contributed by atoms with Crippen LogP contribution in [0.1, 0.15) is 6.92 Å². The Labute approximate surface area is 165 Å². The summed E-state index contributed by atoms with van der Waals surface area (Å²) in [5, 5.41) is 3.84. The molecule has 1 atom stereocenters. The van der Waals surface area contributed by atoms with E-state index in [1.54, 1.807) is 31.3 Å². The summed E-state index contributed by atoms with van der Waals surface area (Å²) in [6, 6.07) is 14.6. The maximum absolute atomic E-state index is 12.4. The van der Waals surface area contributed by atoms with Gasteiger partial charge in [0.05, 0.1) is 17.1 Å². The van der Waals surface area contributed by atoms with E-state index in [2.05, 4.69) is 10.3 Å². The van der Waals surface area contributed by atoms with Crippen LogP contribution >= 0.6 is 35.0 Å². The van der Waals surface area contributed by atoms with Gasteiger partial charge in [-0.1, -0.05) is 65.3 Å². The smallest absolute Gasteiger partial charge is 0.237 e. The van der Waals surface area contributed by atoms with Crippen molar-refractivity contribution in [1.29, 1.82) is 0 Å². The maximum atomic E-state index is 12.4. The summed E-state index contributed by atoms with van der Waals surface area (Å²) in [6.45, 7) is 1.78. The maximum Gasteiger partial charge on any atom is 0.237 e. The fourth-order valence-corrected chi connectivity index (χ4v) is 3.63. The highest BCUT2D eigenvalue weighted by Gasteiger charge is 2.19. The van der Waals surface area contributed by atoms with Crippen LogP contribution in [0.3, 0.4) is 0 Å². The van der Waals surface area contributed by atoms with Gasteiger partial charge in [0.25, 0.3) is 0 Å². The van der Waals surface area contributed by atoms with Crippen LogP contribution in [0.25, 0.3) is 11.3 Å². The second-order valence-electron chi connectivity index (χ2n) is 5.59. The zero-order chi connectivity index (χ0) is 18.7. The molecule has 5 nitrogen and oxygen atoms in total. The molecule has 0 spiro atoms. The van der Waals surface area contributed by atoms with Gasteiger partial charge in [0.1, 0.15) is 0 Å². The lowest BCUT2D eigenvalue weighted by atomic mass is 10.2. The third kappa shape index (κ3) is 4.52. The average Bonchev–Trinajstić information content (AvgIpc) is 2.95. The second kappa shape index (κ2) is 8.03. The molecule has 0 bridgehead atoms. The largest absolute Gasteiger partial charge is 0.337 e. The van der Waals surface area contributed by atoms with Crippen molar-refractivity contribution in [1.82, 2.24) is 9.66 Å². The van der Waals surface area contributed by atoms with Gasteiger partial charge in [-0.25, -0.2) is 9.66 Å². The van der Waals surface area contributed by atoms with E-state index in [4.69, 9.17) is 29.0 Å². The number of nitrogens with one attached hydrogen (secondary N) is 1. The molecule has 0 radical (unpaired) electrons. The minimum atomic E-state index is -0.416. The molecule has 0 fully saturated rings. The average molecular weight is 407 g/mol. The molecule has 0 saturated carbocycles. The van der Waals surface area contributed by atoms with Gasteiger partial charge in [-0.3, -0.25) is 4.79 Å². The molecule has 0 saturated heterocycles. The van der Waals surface area contributed by atoms with E-state index in [1.165, 1.54) is 16.4 Å². The van der Waals surface area contributed by atoms with E-state index in [1.807, 2.05) is 30.3 Å². The number of rotatable bonds is 5. The Morgan fingerprint density at radius 3 is 2.50 bits per heavy atom. The minimum absolute atomic E-state index is 0.197. The molecule has 0 aliphatic heterocycles. The Balaban J connectivity index is 1.70. The van der Waals surface area contributed by atoms with E-state index >= 15 is 0 Å². The number of amides is 1. The molecule has 0 aliphatic rings. The summed E-state index contributed by atoms with van der Waals surface area (Å²) in [4.78, 5) is 16.9. The number of carbonyl (C=O) groups excluding carboxylic acids is 1. The number of nitrogens with two attached hydrogens (primary N) is 1. The number of anilines is 1. The highest BCUT2D eigenvalue weighted by atomic mass is 35.5. The van der Waals surface area contributed by atoms with Gasteiger partial charge in [0.15, 0.2) is 5.16 Å². The first-order valence-electron chi connectivity index (χ1n) is 7.76. The van der Waals surface area contributed by atoms with Crippen molar-refractivity contribution in [3.63, 3.8) is 0 Å². The van der Waals surface area contributed by atoms with Crippen LogP contribution in [0.2, 0.25) is 10.0 Å². The topological polar surface area (TPSA) is 72.9 Å². The molecule has 1 aromatic heterocycles. The molecule has 134 valence electrons. The number of halogens is 2. The molecule has 26 heavy (non-hydrogen) atoms. The summed E-state index contributed by atoms with van der Waals surface area (Å²) in [6.07, 6.45) is 1.74. The number of carbonyl (C=O) groups is 1. The lowest BCUT2D eigenvalue weighted by molar-refractivity contribution is -0.115. The molecule has 8 heteroatoms. The first kappa shape index (κ1) is 18.6. The van der Waals surface area contributed by atoms with E-state index in [0.717, 1.165) is 11.3 Å². The molecule has 3 N–H and O–H groups in total. The standard InChI is InChI=1S/C18H16Cl2N4OS/c1-11(17(25)22-15-8-13(19)7-14(20)9-15)26-18-23-16(10-24(18)21)12-5-3-2-4-6-12/h2-11H,21H2,1H3,(H,22,25)/t11-/m1/s1. The van der Waals surface area contributed by atoms with Gasteiger partial charge in [-0.2, -0.15) is 0 Å². The minimum Gasteiger partial charge on any atom is -0.337 e. The zero-order valence-electron chi connectivity index (χ0n) is 13.8. The Morgan fingerprint density at radius 2 is 1.85 bits per heavy atom. The molecule has 3 rings (SSSR count). The van der Waals surface area contributed by atoms with Crippen molar-refractivity contribution in [3.05, 3.63) is 64.8 Å². The van der Waals surface area contributed by atoms with Crippen LogP contribution < -0.4 is 11.2 Å². The Hall–Kier alpha value is -2.15. The fraction of sp³-hybridized carbons (Fsp3) is 0.111. The van der Waals surface area contributed by atoms with Gasteiger partial charge in [0.2, 0.25) is 5.91 Å². The van der Waals surface area contributed by atoms with Crippen LogP contribution in [0.4, 0.5) is 5.69 Å². The van der Waals surface area contributed by atoms with E-state index in [-0.39, 0.29) is 5.91 Å². The predicted molar refractivity (Wildman–Crippen MR) is 108 cm³/mol. The number of nitrogens with zero attached hydrogens (tertiary/aromatic N) is 2. The third-order valence-corrected chi connectivity index (χ3v) is 5.07. The van der Waals surface area contributed by atoms with Crippen LogP contribution in [0.5, 0.6) is 0 Å². The number of thioether (sulfide) groups is 1. The summed E-state index contributed by atoms with van der Waals surface area (Å²) in [5.41, 5.74) is 2.26. The van der Waals surface area contributed by atoms with Gasteiger partial charge in [-0.15, -0.1) is 0 Å². The van der Waals surface area contributed by atoms with Crippen LogP contribution in [-0.4, -0.2) is 20.8 Å². The lowest BCUT2D eigenvalue weighted by Gasteiger charge is -2.12. The van der Waals surface area contributed by atoms with Gasteiger partial charge in [0, 0.05) is 21.3 Å². The van der Waals surface area contributed by atoms with Crippen LogP contribution in [0.15, 0.2) is 59.9 Å². The van der Waals surface area contributed by atoms with Gasteiger partial charge < -0.3 is 11.2 Å². The lowest BCUT2D eigenvalue weighted by Crippen LogP contribution is -2.23. The molecular weight excluding hydrogens is 391 g/mol. The molecule has 1 heterocycles. The van der Waals surface area contributed by atoms with Crippen LogP contribution in [-0.2, 0) is 4.79 Å². The van der Waals surface area contributed by atoms with E-state index in [9.17, 15) is 4.79 Å². The molecule has 0 aliphatic carbocycles. The zero-order valence-corrected chi connectivity index (χ0v) is 16.1. The number of benzene rings is 2. The summed E-state index contributed by atoms with van der Waals surface area (Å²) in [5.74, 6) is 5.79. The van der Waals surface area contributed by atoms with Gasteiger partial charge in [-0.05, 0) is 25.1 Å². The molecule has 3 aromatic rings. The normalized spacial score (nSPS) is 12.0. The number of imidazole rings is 1. The fourth-order valence-electron chi connectivity index (χ4n) is 2.29. The van der Waals surface area contributed by atoms with Crippen molar-refractivity contribution in [3.8, 4) is 11.3 Å². The SMILES string of the molecule is C[C@@H](Sc1nc(-c2ccccc2)cn1N)C(=O)Nc1cc(Cl)cc(Cl)c1. The van der Waals surface area contributed by atoms with Crippen molar-refractivity contribution in [2.75, 3.05) is 11.2 Å². The number of hydrogen-bond donors (Lipinski definition) is 2. The quantitative estimate of drug-likeness (QED) is 0.476. The molecular formula is C18H16Cl2N4OS.